The molecule has 1 aromatic carbocycles. The number of rotatable bonds is 5. The van der Waals surface area contributed by atoms with Gasteiger partial charge in [-0.1, -0.05) is 11.6 Å². The molecule has 128 valence electrons. The van der Waals surface area contributed by atoms with Crippen molar-refractivity contribution in [2.75, 3.05) is 26.3 Å². The van der Waals surface area contributed by atoms with Gasteiger partial charge in [0, 0.05) is 13.1 Å². The molecule has 0 aromatic heterocycles. The average Bonchev–Trinajstić information content (AvgIpc) is 3.34. The Morgan fingerprint density at radius 3 is 2.78 bits per heavy atom. The fourth-order valence-corrected chi connectivity index (χ4v) is 2.62. The van der Waals surface area contributed by atoms with Crippen LogP contribution in [-0.4, -0.2) is 32.3 Å². The van der Waals surface area contributed by atoms with Gasteiger partial charge in [0.15, 0.2) is 17.5 Å². The Morgan fingerprint density at radius 2 is 2.04 bits per heavy atom. The van der Waals surface area contributed by atoms with Crippen LogP contribution < -0.4 is 20.1 Å². The molecule has 0 saturated heterocycles. The first-order valence-corrected chi connectivity index (χ1v) is 8.24. The third-order valence-corrected chi connectivity index (χ3v) is 3.96. The van der Waals surface area contributed by atoms with Crippen molar-refractivity contribution in [3.05, 3.63) is 22.7 Å². The summed E-state index contributed by atoms with van der Waals surface area (Å²) in [6.45, 7) is 5.55. The summed E-state index contributed by atoms with van der Waals surface area (Å²) >= 11 is 6.25. The first kappa shape index (κ1) is 18.4. The Balaban J connectivity index is 0.00000192. The normalized spacial score (nSPS) is 16.5. The molecule has 2 aliphatic rings. The molecule has 1 aliphatic carbocycles. The van der Waals surface area contributed by atoms with E-state index in [1.807, 2.05) is 12.1 Å². The summed E-state index contributed by atoms with van der Waals surface area (Å²) in [4.78, 5) is 4.61. The maximum atomic E-state index is 6.25. The number of aliphatic imine (C=N–C) groups is 1. The summed E-state index contributed by atoms with van der Waals surface area (Å²) in [5.74, 6) is 3.01. The van der Waals surface area contributed by atoms with Crippen LogP contribution in [0.4, 0.5) is 0 Å². The molecule has 0 bridgehead atoms. The largest absolute Gasteiger partial charge is 0.486 e. The quantitative estimate of drug-likeness (QED) is 0.410. The third-order valence-electron chi connectivity index (χ3n) is 3.68. The smallest absolute Gasteiger partial charge is 0.191 e. The van der Waals surface area contributed by atoms with Crippen molar-refractivity contribution < 1.29 is 9.47 Å². The molecular weight excluding hydrogens is 429 g/mol. The molecule has 0 atom stereocenters. The van der Waals surface area contributed by atoms with E-state index in [1.54, 1.807) is 0 Å². The van der Waals surface area contributed by atoms with Gasteiger partial charge in [-0.3, -0.25) is 0 Å². The first-order chi connectivity index (χ1) is 10.8. The standard InChI is InChI=1S/C16H22ClN3O2.HI/c1-2-18-16(19-9-11-3-4-11)20-10-12-7-13(17)15-14(8-12)21-5-6-22-15;/h7-8,11H,2-6,9-10H2,1H3,(H2,18,19,20);1H. The number of hydrogen-bond donors (Lipinski definition) is 2. The second kappa shape index (κ2) is 8.82. The van der Waals surface area contributed by atoms with Gasteiger partial charge in [0.25, 0.3) is 0 Å². The summed E-state index contributed by atoms with van der Waals surface area (Å²) in [6, 6.07) is 3.84. The topological polar surface area (TPSA) is 54.9 Å². The van der Waals surface area contributed by atoms with E-state index >= 15 is 0 Å². The fraction of sp³-hybridized carbons (Fsp3) is 0.562. The molecule has 3 rings (SSSR count). The van der Waals surface area contributed by atoms with Gasteiger partial charge in [-0.15, -0.1) is 24.0 Å². The Kier molecular flexibility index (Phi) is 7.08. The minimum Gasteiger partial charge on any atom is -0.486 e. The number of hydrogen-bond acceptors (Lipinski definition) is 3. The van der Waals surface area contributed by atoms with Gasteiger partial charge in [-0.25, -0.2) is 4.99 Å². The molecule has 0 spiro atoms. The van der Waals surface area contributed by atoms with Crippen LogP contribution in [0.3, 0.4) is 0 Å². The predicted molar refractivity (Wildman–Crippen MR) is 103 cm³/mol. The second-order valence-corrected chi connectivity index (χ2v) is 6.03. The molecule has 0 amide bonds. The van der Waals surface area contributed by atoms with Gasteiger partial charge in [0.1, 0.15) is 13.2 Å². The van der Waals surface area contributed by atoms with Crippen LogP contribution in [0.5, 0.6) is 11.5 Å². The predicted octanol–water partition coefficient (Wildman–Crippen LogP) is 3.19. The van der Waals surface area contributed by atoms with Gasteiger partial charge in [-0.05, 0) is 43.4 Å². The number of ether oxygens (including phenoxy) is 2. The van der Waals surface area contributed by atoms with Gasteiger partial charge < -0.3 is 20.1 Å². The summed E-state index contributed by atoms with van der Waals surface area (Å²) in [7, 11) is 0. The number of fused-ring (bicyclic) bond motifs is 1. The number of nitrogens with one attached hydrogen (secondary N) is 2. The van der Waals surface area contributed by atoms with E-state index in [4.69, 9.17) is 21.1 Å². The van der Waals surface area contributed by atoms with Crippen LogP contribution in [0.1, 0.15) is 25.3 Å². The van der Waals surface area contributed by atoms with E-state index in [9.17, 15) is 0 Å². The SMILES string of the molecule is CCNC(=NCc1cc(Cl)c2c(c1)OCCO2)NCC1CC1.I. The molecule has 0 radical (unpaired) electrons. The van der Waals surface area contributed by atoms with Gasteiger partial charge in [-0.2, -0.15) is 0 Å². The van der Waals surface area contributed by atoms with Crippen molar-refractivity contribution >= 4 is 41.5 Å². The Hall–Kier alpha value is -0.890. The Labute approximate surface area is 159 Å². The minimum atomic E-state index is 0. The first-order valence-electron chi connectivity index (χ1n) is 7.86. The molecular formula is C16H23ClIN3O2. The lowest BCUT2D eigenvalue weighted by molar-refractivity contribution is 0.171. The van der Waals surface area contributed by atoms with E-state index in [0.717, 1.165) is 30.5 Å². The summed E-state index contributed by atoms with van der Waals surface area (Å²) in [5.41, 5.74) is 1.01. The molecule has 7 heteroatoms. The van der Waals surface area contributed by atoms with Crippen LogP contribution in [-0.2, 0) is 6.54 Å². The van der Waals surface area contributed by atoms with Crippen molar-refractivity contribution in [2.24, 2.45) is 10.9 Å². The van der Waals surface area contributed by atoms with Crippen LogP contribution in [0.25, 0.3) is 0 Å². The molecule has 0 unspecified atom stereocenters. The van der Waals surface area contributed by atoms with Crippen molar-refractivity contribution in [3.8, 4) is 11.5 Å². The molecule has 23 heavy (non-hydrogen) atoms. The Morgan fingerprint density at radius 1 is 1.26 bits per heavy atom. The molecule has 1 aliphatic heterocycles. The maximum Gasteiger partial charge on any atom is 0.191 e. The highest BCUT2D eigenvalue weighted by molar-refractivity contribution is 14.0. The highest BCUT2D eigenvalue weighted by Gasteiger charge is 2.21. The highest BCUT2D eigenvalue weighted by Crippen LogP contribution is 2.38. The zero-order valence-electron chi connectivity index (χ0n) is 13.2. The minimum absolute atomic E-state index is 0. The molecule has 1 saturated carbocycles. The monoisotopic (exact) mass is 451 g/mol. The van der Waals surface area contributed by atoms with Crippen molar-refractivity contribution in [1.29, 1.82) is 0 Å². The highest BCUT2D eigenvalue weighted by atomic mass is 127. The van der Waals surface area contributed by atoms with Crippen molar-refractivity contribution in [1.82, 2.24) is 10.6 Å². The average molecular weight is 452 g/mol. The molecule has 2 N–H and O–H groups in total. The van der Waals surface area contributed by atoms with Crippen LogP contribution in [0.2, 0.25) is 5.02 Å². The van der Waals surface area contributed by atoms with Crippen molar-refractivity contribution in [2.45, 2.75) is 26.3 Å². The van der Waals surface area contributed by atoms with Gasteiger partial charge in [0.2, 0.25) is 0 Å². The molecule has 5 nitrogen and oxygen atoms in total. The fourth-order valence-electron chi connectivity index (χ4n) is 2.33. The maximum absolute atomic E-state index is 6.25. The van der Waals surface area contributed by atoms with E-state index in [0.29, 0.717) is 36.3 Å². The van der Waals surface area contributed by atoms with Crippen LogP contribution in [0.15, 0.2) is 17.1 Å². The summed E-state index contributed by atoms with van der Waals surface area (Å²) < 4.78 is 11.1. The van der Waals surface area contributed by atoms with E-state index in [2.05, 4.69) is 22.5 Å². The Bertz CT molecular complexity index is 565. The number of guanidine groups is 1. The lowest BCUT2D eigenvalue weighted by Crippen LogP contribution is -2.38. The zero-order chi connectivity index (χ0) is 15.4. The van der Waals surface area contributed by atoms with Gasteiger partial charge in [0.05, 0.1) is 11.6 Å². The van der Waals surface area contributed by atoms with Crippen LogP contribution in [0, 0.1) is 5.92 Å². The van der Waals surface area contributed by atoms with E-state index in [1.165, 1.54) is 12.8 Å². The summed E-state index contributed by atoms with van der Waals surface area (Å²) in [5, 5.41) is 7.22. The molecule has 1 fully saturated rings. The zero-order valence-corrected chi connectivity index (χ0v) is 16.3. The van der Waals surface area contributed by atoms with Crippen LogP contribution >= 0.6 is 35.6 Å². The second-order valence-electron chi connectivity index (χ2n) is 5.62. The van der Waals surface area contributed by atoms with Gasteiger partial charge >= 0.3 is 0 Å². The lowest BCUT2D eigenvalue weighted by Gasteiger charge is -2.20. The van der Waals surface area contributed by atoms with Crippen molar-refractivity contribution in [3.63, 3.8) is 0 Å². The number of halogens is 2. The number of benzene rings is 1. The number of nitrogens with zero attached hydrogens (tertiary/aromatic N) is 1. The lowest BCUT2D eigenvalue weighted by atomic mass is 10.2. The third kappa shape index (κ3) is 5.31. The molecule has 1 aromatic rings. The van der Waals surface area contributed by atoms with E-state index in [-0.39, 0.29) is 24.0 Å². The molecule has 1 heterocycles. The van der Waals surface area contributed by atoms with E-state index < -0.39 is 0 Å². The summed E-state index contributed by atoms with van der Waals surface area (Å²) in [6.07, 6.45) is 2.65.